The minimum atomic E-state index is -1.03. The van der Waals surface area contributed by atoms with E-state index in [4.69, 9.17) is 4.74 Å². The van der Waals surface area contributed by atoms with E-state index in [0.29, 0.717) is 11.3 Å². The molecule has 9 nitrogen and oxygen atoms in total. The zero-order valence-corrected chi connectivity index (χ0v) is 18.7. The van der Waals surface area contributed by atoms with Crippen LogP contribution in [-0.2, 0) is 4.79 Å². The van der Waals surface area contributed by atoms with Crippen LogP contribution >= 0.6 is 0 Å². The summed E-state index contributed by atoms with van der Waals surface area (Å²) in [5.41, 5.74) is 1.03. The number of amides is 3. The number of nitro groups is 1. The Morgan fingerprint density at radius 3 is 2.29 bits per heavy atom. The van der Waals surface area contributed by atoms with Crippen LogP contribution in [0.1, 0.15) is 11.6 Å². The van der Waals surface area contributed by atoms with E-state index in [1.807, 2.05) is 36.4 Å². The van der Waals surface area contributed by atoms with Gasteiger partial charge in [0.15, 0.2) is 0 Å². The highest BCUT2D eigenvalue weighted by Crippen LogP contribution is 2.29. The van der Waals surface area contributed by atoms with Gasteiger partial charge in [0.1, 0.15) is 11.8 Å². The van der Waals surface area contributed by atoms with E-state index < -0.39 is 22.9 Å². The van der Waals surface area contributed by atoms with Crippen molar-refractivity contribution < 1.29 is 19.2 Å². The van der Waals surface area contributed by atoms with E-state index >= 15 is 0 Å². The molecule has 0 aliphatic carbocycles. The summed E-state index contributed by atoms with van der Waals surface area (Å²) in [6, 6.07) is 24.1. The van der Waals surface area contributed by atoms with Crippen LogP contribution < -0.4 is 20.7 Å². The number of nitrogens with one attached hydrogen (secondary N) is 3. The van der Waals surface area contributed by atoms with Crippen molar-refractivity contribution in [2.24, 2.45) is 0 Å². The second-order valence-electron chi connectivity index (χ2n) is 7.64. The molecule has 0 radical (unpaired) electrons. The van der Waals surface area contributed by atoms with Crippen molar-refractivity contribution in [3.63, 3.8) is 0 Å². The lowest BCUT2D eigenvalue weighted by Crippen LogP contribution is -2.39. The third-order valence-corrected chi connectivity index (χ3v) is 5.33. The van der Waals surface area contributed by atoms with E-state index in [-0.39, 0.29) is 17.1 Å². The summed E-state index contributed by atoms with van der Waals surface area (Å²) in [6.45, 7) is 0. The van der Waals surface area contributed by atoms with Crippen molar-refractivity contribution in [3.8, 4) is 5.75 Å². The molecule has 0 aromatic heterocycles. The van der Waals surface area contributed by atoms with Gasteiger partial charge in [-0.05, 0) is 34.5 Å². The van der Waals surface area contributed by atoms with Crippen molar-refractivity contribution >= 4 is 39.8 Å². The summed E-state index contributed by atoms with van der Waals surface area (Å²) in [5.74, 6) is -0.213. The molecule has 0 spiro atoms. The predicted molar refractivity (Wildman–Crippen MR) is 134 cm³/mol. The Morgan fingerprint density at radius 1 is 0.857 bits per heavy atom. The Hall–Kier alpha value is -4.92. The number of hydrogen-bond donors (Lipinski definition) is 3. The molecule has 35 heavy (non-hydrogen) atoms. The molecular weight excluding hydrogens is 448 g/mol. The Kier molecular flexibility index (Phi) is 6.87. The number of carbonyl (C=O) groups is 2. The number of carbonyl (C=O) groups excluding carboxylic acids is 2. The van der Waals surface area contributed by atoms with Crippen LogP contribution in [0.3, 0.4) is 0 Å². The summed E-state index contributed by atoms with van der Waals surface area (Å²) in [4.78, 5) is 36.6. The second kappa shape index (κ2) is 10.3. The van der Waals surface area contributed by atoms with Crippen molar-refractivity contribution in [2.45, 2.75) is 6.04 Å². The standard InChI is InChI=1S/C26H22N4O5/c1-35-23-14-13-21(30(33)34)16-22(23)28-26(32)29-24(18-8-3-2-4-9-18)25(31)27-20-12-11-17-7-5-6-10-19(17)15-20/h2-16,24H,1H3,(H,27,31)(H2,28,29,32). The van der Waals surface area contributed by atoms with Gasteiger partial charge in [-0.2, -0.15) is 0 Å². The Bertz CT molecular complexity index is 1390. The fraction of sp³-hybridized carbons (Fsp3) is 0.0769. The summed E-state index contributed by atoms with van der Waals surface area (Å²) in [7, 11) is 1.38. The lowest BCUT2D eigenvalue weighted by Gasteiger charge is -2.20. The van der Waals surface area contributed by atoms with E-state index in [1.54, 1.807) is 36.4 Å². The monoisotopic (exact) mass is 470 g/mol. The Morgan fingerprint density at radius 2 is 1.57 bits per heavy atom. The zero-order valence-electron chi connectivity index (χ0n) is 18.7. The maximum absolute atomic E-state index is 13.2. The van der Waals surface area contributed by atoms with Gasteiger partial charge in [-0.25, -0.2) is 4.79 Å². The summed E-state index contributed by atoms with van der Waals surface area (Å²) >= 11 is 0. The number of fused-ring (bicyclic) bond motifs is 1. The lowest BCUT2D eigenvalue weighted by molar-refractivity contribution is -0.384. The zero-order chi connectivity index (χ0) is 24.8. The van der Waals surface area contributed by atoms with Crippen LogP contribution in [0.5, 0.6) is 5.75 Å². The highest BCUT2D eigenvalue weighted by Gasteiger charge is 2.24. The van der Waals surface area contributed by atoms with Gasteiger partial charge in [0.2, 0.25) is 0 Å². The van der Waals surface area contributed by atoms with Crippen LogP contribution in [0.2, 0.25) is 0 Å². The maximum Gasteiger partial charge on any atom is 0.320 e. The van der Waals surface area contributed by atoms with Crippen LogP contribution in [0, 0.1) is 10.1 Å². The van der Waals surface area contributed by atoms with Crippen molar-refractivity contribution in [1.82, 2.24) is 5.32 Å². The summed E-state index contributed by atoms with van der Waals surface area (Å²) in [6.07, 6.45) is 0. The molecule has 9 heteroatoms. The number of rotatable bonds is 7. The van der Waals surface area contributed by atoms with Gasteiger partial charge in [-0.15, -0.1) is 0 Å². The molecule has 3 amide bonds. The number of urea groups is 1. The molecule has 1 unspecified atom stereocenters. The maximum atomic E-state index is 13.2. The molecule has 0 bridgehead atoms. The van der Waals surface area contributed by atoms with E-state index in [2.05, 4.69) is 16.0 Å². The smallest absolute Gasteiger partial charge is 0.320 e. The van der Waals surface area contributed by atoms with Crippen LogP contribution in [0.25, 0.3) is 10.8 Å². The largest absolute Gasteiger partial charge is 0.495 e. The first kappa shape index (κ1) is 23.2. The number of nitro benzene ring substituents is 1. The van der Waals surface area contributed by atoms with E-state index in [9.17, 15) is 19.7 Å². The van der Waals surface area contributed by atoms with E-state index in [0.717, 1.165) is 10.8 Å². The quantitative estimate of drug-likeness (QED) is 0.251. The molecule has 0 saturated carbocycles. The minimum Gasteiger partial charge on any atom is -0.495 e. The lowest BCUT2D eigenvalue weighted by atomic mass is 10.1. The van der Waals surface area contributed by atoms with Gasteiger partial charge < -0.3 is 20.7 Å². The average molecular weight is 470 g/mol. The topological polar surface area (TPSA) is 123 Å². The van der Waals surface area contributed by atoms with Gasteiger partial charge in [-0.3, -0.25) is 14.9 Å². The van der Waals surface area contributed by atoms with Crippen LogP contribution in [0.4, 0.5) is 21.9 Å². The van der Waals surface area contributed by atoms with Crippen molar-refractivity contribution in [3.05, 3.63) is 107 Å². The molecule has 0 aliphatic rings. The van der Waals surface area contributed by atoms with Gasteiger partial charge in [0.25, 0.3) is 11.6 Å². The molecule has 1 atom stereocenters. The normalized spacial score (nSPS) is 11.3. The summed E-state index contributed by atoms with van der Waals surface area (Å²) < 4.78 is 5.19. The Labute approximate surface area is 200 Å². The van der Waals surface area contributed by atoms with E-state index in [1.165, 1.54) is 25.3 Å². The number of anilines is 2. The highest BCUT2D eigenvalue weighted by molar-refractivity contribution is 6.01. The molecule has 4 rings (SSSR count). The van der Waals surface area contributed by atoms with Gasteiger partial charge in [-0.1, -0.05) is 60.7 Å². The van der Waals surface area contributed by atoms with Gasteiger partial charge >= 0.3 is 6.03 Å². The molecule has 0 heterocycles. The molecule has 176 valence electrons. The first-order valence-corrected chi connectivity index (χ1v) is 10.7. The fourth-order valence-corrected chi connectivity index (χ4v) is 3.62. The van der Waals surface area contributed by atoms with Gasteiger partial charge in [0, 0.05) is 17.8 Å². The molecule has 0 fully saturated rings. The molecule has 0 saturated heterocycles. The number of non-ortho nitro benzene ring substituents is 1. The molecule has 4 aromatic rings. The number of benzene rings is 4. The number of methoxy groups -OCH3 is 1. The fourth-order valence-electron chi connectivity index (χ4n) is 3.62. The van der Waals surface area contributed by atoms with Crippen molar-refractivity contribution in [2.75, 3.05) is 17.7 Å². The molecule has 4 aromatic carbocycles. The Balaban J connectivity index is 1.56. The highest BCUT2D eigenvalue weighted by atomic mass is 16.6. The minimum absolute atomic E-state index is 0.0981. The third-order valence-electron chi connectivity index (χ3n) is 5.33. The molecular formula is C26H22N4O5. The second-order valence-corrected chi connectivity index (χ2v) is 7.64. The average Bonchev–Trinajstić information content (AvgIpc) is 2.87. The molecule has 0 aliphatic heterocycles. The first-order chi connectivity index (χ1) is 16.9. The van der Waals surface area contributed by atoms with Crippen molar-refractivity contribution in [1.29, 1.82) is 0 Å². The van der Waals surface area contributed by atoms with Gasteiger partial charge in [0.05, 0.1) is 17.7 Å². The van der Waals surface area contributed by atoms with Crippen LogP contribution in [0.15, 0.2) is 91.0 Å². The molecule has 3 N–H and O–H groups in total. The predicted octanol–water partition coefficient (Wildman–Crippen LogP) is 5.26. The number of ether oxygens (including phenoxy) is 1. The van der Waals surface area contributed by atoms with Crippen LogP contribution in [-0.4, -0.2) is 24.0 Å². The third kappa shape index (κ3) is 5.53. The SMILES string of the molecule is COc1ccc([N+](=O)[O-])cc1NC(=O)NC(C(=O)Nc1ccc2ccccc2c1)c1ccccc1. The first-order valence-electron chi connectivity index (χ1n) is 10.7. The number of hydrogen-bond acceptors (Lipinski definition) is 5. The summed E-state index contributed by atoms with van der Waals surface area (Å²) in [5, 5.41) is 21.2. The number of nitrogens with zero attached hydrogens (tertiary/aromatic N) is 1.